The maximum absolute atomic E-state index is 8.84. The number of nitriles is 1. The van der Waals surface area contributed by atoms with Crippen molar-refractivity contribution in [3.05, 3.63) is 65.5 Å². The van der Waals surface area contributed by atoms with Crippen LogP contribution in [0.1, 0.15) is 25.3 Å². The van der Waals surface area contributed by atoms with E-state index in [1.807, 2.05) is 24.3 Å². The first-order valence-corrected chi connectivity index (χ1v) is 10.9. The molecule has 162 valence electrons. The summed E-state index contributed by atoms with van der Waals surface area (Å²) in [6.45, 7) is 16.0. The van der Waals surface area contributed by atoms with E-state index >= 15 is 0 Å². The molecule has 2 aromatic rings. The van der Waals surface area contributed by atoms with Crippen LogP contribution in [0.4, 0.5) is 5.69 Å². The van der Waals surface area contributed by atoms with E-state index in [9.17, 15) is 0 Å². The van der Waals surface area contributed by atoms with Crippen LogP contribution >= 0.6 is 0 Å². The lowest BCUT2D eigenvalue weighted by atomic mass is 10.1. The number of benzene rings is 2. The molecule has 0 N–H and O–H groups in total. The molecule has 0 radical (unpaired) electrons. The Morgan fingerprint density at radius 3 is 2.16 bits per heavy atom. The SMILES string of the molecule is [C-]#[N+]c1ccc(OCCCN2CCN(CCCOc3ccc(C#N)cc3)CC2C)cc1. The minimum Gasteiger partial charge on any atom is -0.494 e. The maximum Gasteiger partial charge on any atom is 0.187 e. The monoisotopic (exact) mass is 418 g/mol. The summed E-state index contributed by atoms with van der Waals surface area (Å²) in [4.78, 5) is 8.44. The van der Waals surface area contributed by atoms with Crippen LogP contribution in [0.25, 0.3) is 4.85 Å². The van der Waals surface area contributed by atoms with Crippen molar-refractivity contribution in [1.29, 1.82) is 5.26 Å². The summed E-state index contributed by atoms with van der Waals surface area (Å²) in [7, 11) is 0. The summed E-state index contributed by atoms with van der Waals surface area (Å²) in [6.07, 6.45) is 1.99. The second-order valence-corrected chi connectivity index (χ2v) is 7.83. The third-order valence-corrected chi connectivity index (χ3v) is 5.54. The van der Waals surface area contributed by atoms with Crippen molar-refractivity contribution in [3.8, 4) is 17.6 Å². The fraction of sp³-hybridized carbons (Fsp3) is 0.440. The van der Waals surface area contributed by atoms with Crippen LogP contribution in [-0.2, 0) is 0 Å². The normalized spacial score (nSPS) is 16.9. The lowest BCUT2D eigenvalue weighted by Gasteiger charge is -2.40. The third-order valence-electron chi connectivity index (χ3n) is 5.54. The molecular weight excluding hydrogens is 388 g/mol. The third kappa shape index (κ3) is 7.29. The van der Waals surface area contributed by atoms with E-state index in [2.05, 4.69) is 27.6 Å². The smallest absolute Gasteiger partial charge is 0.187 e. The number of ether oxygens (including phenoxy) is 2. The zero-order valence-corrected chi connectivity index (χ0v) is 18.2. The molecule has 6 heteroatoms. The van der Waals surface area contributed by atoms with Crippen LogP contribution in [0.3, 0.4) is 0 Å². The molecule has 0 saturated carbocycles. The lowest BCUT2D eigenvalue weighted by molar-refractivity contribution is 0.0757. The van der Waals surface area contributed by atoms with Gasteiger partial charge in [0.05, 0.1) is 31.4 Å². The molecule has 1 aliphatic heterocycles. The standard InChI is InChI=1S/C25H30N4O2/c1-21-20-28(13-3-17-30-24-9-5-22(19-26)6-10-24)15-16-29(21)14-4-18-31-25-11-7-23(27-2)8-12-25/h5-12,21H,3-4,13-18,20H2,1H3. The Bertz CT molecular complexity index is 884. The molecule has 2 aromatic carbocycles. The van der Waals surface area contributed by atoms with Gasteiger partial charge in [-0.1, -0.05) is 12.1 Å². The molecule has 1 fully saturated rings. The van der Waals surface area contributed by atoms with Crippen molar-refractivity contribution in [1.82, 2.24) is 9.80 Å². The molecule has 3 rings (SSSR count). The van der Waals surface area contributed by atoms with Crippen LogP contribution in [0.5, 0.6) is 11.5 Å². The highest BCUT2D eigenvalue weighted by Crippen LogP contribution is 2.18. The van der Waals surface area contributed by atoms with E-state index in [1.165, 1.54) is 0 Å². The van der Waals surface area contributed by atoms with Crippen LogP contribution in [0.2, 0.25) is 0 Å². The molecule has 0 spiro atoms. The number of hydrogen-bond acceptors (Lipinski definition) is 5. The van der Waals surface area contributed by atoms with Gasteiger partial charge in [-0.15, -0.1) is 0 Å². The molecule has 1 heterocycles. The van der Waals surface area contributed by atoms with Gasteiger partial charge in [0, 0.05) is 38.8 Å². The predicted octanol–water partition coefficient (Wildman–Crippen LogP) is 4.35. The van der Waals surface area contributed by atoms with E-state index in [1.54, 1.807) is 24.3 Å². The van der Waals surface area contributed by atoms with E-state index in [0.717, 1.165) is 57.1 Å². The molecule has 0 bridgehead atoms. The lowest BCUT2D eigenvalue weighted by Crippen LogP contribution is -2.52. The quantitative estimate of drug-likeness (QED) is 0.424. The fourth-order valence-corrected chi connectivity index (χ4v) is 3.78. The Hall–Kier alpha value is -3.06. The molecule has 1 unspecified atom stereocenters. The molecule has 1 atom stereocenters. The predicted molar refractivity (Wildman–Crippen MR) is 122 cm³/mol. The topological polar surface area (TPSA) is 53.1 Å². The zero-order chi connectivity index (χ0) is 21.9. The van der Waals surface area contributed by atoms with Crippen molar-refractivity contribution in [3.63, 3.8) is 0 Å². The molecule has 6 nitrogen and oxygen atoms in total. The first-order chi connectivity index (χ1) is 15.2. The van der Waals surface area contributed by atoms with Gasteiger partial charge in [-0.05, 0) is 56.2 Å². The van der Waals surface area contributed by atoms with Gasteiger partial charge in [0.1, 0.15) is 11.5 Å². The Labute approximate surface area is 185 Å². The summed E-state index contributed by atoms with van der Waals surface area (Å²) in [5.41, 5.74) is 1.29. The van der Waals surface area contributed by atoms with Crippen LogP contribution in [-0.4, -0.2) is 61.8 Å². The van der Waals surface area contributed by atoms with Gasteiger partial charge in [0.2, 0.25) is 0 Å². The Morgan fingerprint density at radius 2 is 1.58 bits per heavy atom. The van der Waals surface area contributed by atoms with E-state index in [0.29, 0.717) is 30.5 Å². The average molecular weight is 419 g/mol. The summed E-state index contributed by atoms with van der Waals surface area (Å²) in [5.74, 6) is 1.65. The summed E-state index contributed by atoms with van der Waals surface area (Å²) in [5, 5.41) is 8.84. The second kappa shape index (κ2) is 12.0. The van der Waals surface area contributed by atoms with Crippen molar-refractivity contribution in [2.75, 3.05) is 45.9 Å². The van der Waals surface area contributed by atoms with Crippen LogP contribution < -0.4 is 9.47 Å². The van der Waals surface area contributed by atoms with Crippen LogP contribution in [0.15, 0.2) is 48.5 Å². The zero-order valence-electron chi connectivity index (χ0n) is 18.2. The van der Waals surface area contributed by atoms with Gasteiger partial charge in [-0.25, -0.2) is 4.85 Å². The molecular formula is C25H30N4O2. The number of hydrogen-bond donors (Lipinski definition) is 0. The fourth-order valence-electron chi connectivity index (χ4n) is 3.78. The van der Waals surface area contributed by atoms with Gasteiger partial charge in [-0.2, -0.15) is 5.26 Å². The summed E-state index contributed by atoms with van der Waals surface area (Å²) >= 11 is 0. The van der Waals surface area contributed by atoms with Gasteiger partial charge < -0.3 is 14.4 Å². The minimum atomic E-state index is 0.533. The molecule has 0 aromatic heterocycles. The van der Waals surface area contributed by atoms with Crippen molar-refractivity contribution in [2.24, 2.45) is 0 Å². The van der Waals surface area contributed by atoms with Gasteiger partial charge in [0.15, 0.2) is 5.69 Å². The largest absolute Gasteiger partial charge is 0.494 e. The van der Waals surface area contributed by atoms with E-state index in [-0.39, 0.29) is 0 Å². The molecule has 0 amide bonds. The highest BCUT2D eigenvalue weighted by atomic mass is 16.5. The number of piperazine rings is 1. The average Bonchev–Trinajstić information content (AvgIpc) is 2.81. The van der Waals surface area contributed by atoms with Crippen molar-refractivity contribution < 1.29 is 9.47 Å². The van der Waals surface area contributed by atoms with Gasteiger partial charge in [-0.3, -0.25) is 4.90 Å². The van der Waals surface area contributed by atoms with Gasteiger partial charge in [0.25, 0.3) is 0 Å². The Morgan fingerprint density at radius 1 is 0.968 bits per heavy atom. The maximum atomic E-state index is 8.84. The minimum absolute atomic E-state index is 0.533. The first kappa shape index (κ1) is 22.6. The number of nitrogens with zero attached hydrogens (tertiary/aromatic N) is 4. The van der Waals surface area contributed by atoms with Crippen molar-refractivity contribution >= 4 is 5.69 Å². The molecule has 31 heavy (non-hydrogen) atoms. The Balaban J connectivity index is 1.27. The first-order valence-electron chi connectivity index (χ1n) is 10.9. The van der Waals surface area contributed by atoms with Crippen molar-refractivity contribution in [2.45, 2.75) is 25.8 Å². The number of rotatable bonds is 10. The second-order valence-electron chi connectivity index (χ2n) is 7.83. The van der Waals surface area contributed by atoms with Crippen LogP contribution in [0, 0.1) is 17.9 Å². The molecule has 0 aliphatic carbocycles. The van der Waals surface area contributed by atoms with E-state index in [4.69, 9.17) is 21.3 Å². The molecule has 1 saturated heterocycles. The highest BCUT2D eigenvalue weighted by Gasteiger charge is 2.22. The summed E-state index contributed by atoms with van der Waals surface area (Å²) in [6, 6.07) is 17.2. The molecule has 1 aliphatic rings. The highest BCUT2D eigenvalue weighted by molar-refractivity contribution is 5.46. The Kier molecular flexibility index (Phi) is 8.72. The van der Waals surface area contributed by atoms with E-state index < -0.39 is 0 Å². The summed E-state index contributed by atoms with van der Waals surface area (Å²) < 4.78 is 11.6. The van der Waals surface area contributed by atoms with Gasteiger partial charge >= 0.3 is 0 Å².